The molecule has 0 unspecified atom stereocenters. The molecular weight excluding hydrogens is 520 g/mol. The summed E-state index contributed by atoms with van der Waals surface area (Å²) in [5, 5.41) is 0.906. The molecule has 1 N–H and O–H groups in total. The second-order valence-electron chi connectivity index (χ2n) is 7.31. The van der Waals surface area contributed by atoms with E-state index in [0.29, 0.717) is 33.7 Å². The average molecular weight is 537 g/mol. The van der Waals surface area contributed by atoms with Gasteiger partial charge in [-0.05, 0) is 48.5 Å². The maximum absolute atomic E-state index is 13.9. The first kappa shape index (κ1) is 23.6. The zero-order valence-corrected chi connectivity index (χ0v) is 19.4. The molecule has 0 radical (unpaired) electrons. The van der Waals surface area contributed by atoms with Crippen molar-refractivity contribution in [2.45, 2.75) is 6.18 Å². The molecule has 0 bridgehead atoms. The molecule has 0 saturated heterocycles. The number of alkyl halides is 3. The summed E-state index contributed by atoms with van der Waals surface area (Å²) in [6, 6.07) is 11.4. The van der Waals surface area contributed by atoms with E-state index in [9.17, 15) is 22.4 Å². The number of benzene rings is 3. The number of fused-ring (bicyclic) bond motifs is 1. The number of hydrazine groups is 1. The highest BCUT2D eigenvalue weighted by Gasteiger charge is 2.35. The lowest BCUT2D eigenvalue weighted by atomic mass is 10.1. The van der Waals surface area contributed by atoms with Crippen LogP contribution in [0.1, 0.15) is 15.9 Å². The van der Waals surface area contributed by atoms with Gasteiger partial charge >= 0.3 is 6.18 Å². The second kappa shape index (κ2) is 8.98. The van der Waals surface area contributed by atoms with Crippen LogP contribution in [-0.2, 0) is 13.2 Å². The lowest BCUT2D eigenvalue weighted by Crippen LogP contribution is -2.37. The third-order valence-electron chi connectivity index (χ3n) is 5.08. The van der Waals surface area contributed by atoms with Crippen molar-refractivity contribution in [1.29, 1.82) is 0 Å². The molecule has 4 aromatic rings. The third kappa shape index (κ3) is 4.56. The summed E-state index contributed by atoms with van der Waals surface area (Å²) >= 11 is 3.29. The van der Waals surface area contributed by atoms with Crippen LogP contribution in [0.4, 0.5) is 28.9 Å². The zero-order chi connectivity index (χ0) is 24.6. The number of anilines is 2. The fourth-order valence-electron chi connectivity index (χ4n) is 3.41. The number of hydrogen-bond donors (Lipinski definition) is 1. The van der Waals surface area contributed by atoms with Crippen molar-refractivity contribution in [2.75, 3.05) is 17.5 Å². The summed E-state index contributed by atoms with van der Waals surface area (Å²) in [5.41, 5.74) is 2.16. The summed E-state index contributed by atoms with van der Waals surface area (Å²) in [6.07, 6.45) is -3.22. The minimum Gasteiger partial charge on any atom is -0.496 e. The number of hydrogen-bond acceptors (Lipinski definition) is 4. The van der Waals surface area contributed by atoms with Crippen LogP contribution in [-0.4, -0.2) is 22.6 Å². The molecule has 1 amide bonds. The maximum Gasteiger partial charge on any atom is 0.418 e. The van der Waals surface area contributed by atoms with Crippen LogP contribution in [0.25, 0.3) is 11.0 Å². The summed E-state index contributed by atoms with van der Waals surface area (Å²) in [5.74, 6) is -1.43. The van der Waals surface area contributed by atoms with Gasteiger partial charge in [0.05, 0.1) is 47.0 Å². The monoisotopic (exact) mass is 536 g/mol. The smallest absolute Gasteiger partial charge is 0.418 e. The Bertz CT molecular complexity index is 1370. The van der Waals surface area contributed by atoms with Crippen LogP contribution >= 0.6 is 15.9 Å². The first-order valence-electron chi connectivity index (χ1n) is 9.81. The number of ether oxygens (including phenoxy) is 1. The average Bonchev–Trinajstić information content (AvgIpc) is 3.15. The highest BCUT2D eigenvalue weighted by Crippen LogP contribution is 2.36. The molecule has 4 rings (SSSR count). The molecule has 1 heterocycles. The standard InChI is InChI=1S/C23H17BrF4N4O2/c1-31-12-29-19-10-16(21(34-2)11-20(19)31)22(33)32(15-6-3-13(24)4-7-15)30-18-9-14(25)5-8-17(18)23(26,27)28/h3-12,30H,1-2H3. The van der Waals surface area contributed by atoms with Crippen molar-refractivity contribution in [1.82, 2.24) is 9.55 Å². The Morgan fingerprint density at radius 3 is 2.47 bits per heavy atom. The van der Waals surface area contributed by atoms with E-state index in [4.69, 9.17) is 4.74 Å². The summed E-state index contributed by atoms with van der Waals surface area (Å²) < 4.78 is 62.5. The Morgan fingerprint density at radius 1 is 1.12 bits per heavy atom. The molecule has 0 fully saturated rings. The predicted molar refractivity (Wildman–Crippen MR) is 123 cm³/mol. The van der Waals surface area contributed by atoms with Crippen LogP contribution in [0.5, 0.6) is 5.75 Å². The number of nitrogens with one attached hydrogen (secondary N) is 1. The van der Waals surface area contributed by atoms with Crippen LogP contribution in [0, 0.1) is 5.82 Å². The molecule has 0 aliphatic rings. The number of rotatable bonds is 5. The number of methoxy groups -OCH3 is 1. The van der Waals surface area contributed by atoms with E-state index >= 15 is 0 Å². The van der Waals surface area contributed by atoms with E-state index in [1.807, 2.05) is 0 Å². The van der Waals surface area contributed by atoms with Gasteiger partial charge < -0.3 is 9.30 Å². The molecule has 6 nitrogen and oxygen atoms in total. The minimum atomic E-state index is -4.78. The van der Waals surface area contributed by atoms with Gasteiger partial charge in [0.25, 0.3) is 5.91 Å². The van der Waals surface area contributed by atoms with Gasteiger partial charge in [-0.25, -0.2) is 14.4 Å². The molecular formula is C23H17BrF4N4O2. The summed E-state index contributed by atoms with van der Waals surface area (Å²) in [7, 11) is 3.15. The predicted octanol–water partition coefficient (Wildman–Crippen LogP) is 6.18. The number of aryl methyl sites for hydroxylation is 1. The van der Waals surface area contributed by atoms with E-state index in [0.717, 1.165) is 5.01 Å². The molecule has 1 aromatic heterocycles. The molecule has 0 aliphatic heterocycles. The van der Waals surface area contributed by atoms with Crippen molar-refractivity contribution in [3.05, 3.63) is 82.3 Å². The highest BCUT2D eigenvalue weighted by atomic mass is 79.9. The molecule has 0 atom stereocenters. The molecule has 3 aromatic carbocycles. The maximum atomic E-state index is 13.9. The number of imidazole rings is 1. The van der Waals surface area contributed by atoms with Gasteiger partial charge in [0.1, 0.15) is 11.6 Å². The number of carbonyl (C=O) groups is 1. The van der Waals surface area contributed by atoms with Gasteiger partial charge in [-0.2, -0.15) is 13.2 Å². The fraction of sp³-hybridized carbons (Fsp3) is 0.130. The number of amides is 1. The van der Waals surface area contributed by atoms with Crippen LogP contribution < -0.4 is 15.2 Å². The van der Waals surface area contributed by atoms with Crippen LogP contribution in [0.15, 0.2) is 65.4 Å². The Hall–Kier alpha value is -3.60. The first-order valence-corrected chi connectivity index (χ1v) is 10.6. The van der Waals surface area contributed by atoms with Gasteiger partial charge in [0.2, 0.25) is 0 Å². The summed E-state index contributed by atoms with van der Waals surface area (Å²) in [6.45, 7) is 0. The van der Waals surface area contributed by atoms with Crippen LogP contribution in [0.3, 0.4) is 0 Å². The molecule has 11 heteroatoms. The van der Waals surface area contributed by atoms with Gasteiger partial charge in [-0.3, -0.25) is 10.2 Å². The number of aromatic nitrogens is 2. The van der Waals surface area contributed by atoms with E-state index in [1.54, 1.807) is 36.1 Å². The highest BCUT2D eigenvalue weighted by molar-refractivity contribution is 9.10. The Labute approximate surface area is 199 Å². The van der Waals surface area contributed by atoms with Gasteiger partial charge in [0.15, 0.2) is 0 Å². The quantitative estimate of drug-likeness (QED) is 0.244. The van der Waals surface area contributed by atoms with E-state index in [1.165, 1.54) is 25.3 Å². The van der Waals surface area contributed by atoms with Gasteiger partial charge in [0, 0.05) is 17.6 Å². The van der Waals surface area contributed by atoms with E-state index < -0.39 is 29.2 Å². The van der Waals surface area contributed by atoms with Crippen molar-refractivity contribution < 1.29 is 27.1 Å². The van der Waals surface area contributed by atoms with Crippen molar-refractivity contribution >= 4 is 44.2 Å². The molecule has 176 valence electrons. The summed E-state index contributed by atoms with van der Waals surface area (Å²) in [4.78, 5) is 17.9. The van der Waals surface area contributed by atoms with E-state index in [-0.39, 0.29) is 17.0 Å². The lowest BCUT2D eigenvalue weighted by Gasteiger charge is -2.27. The largest absolute Gasteiger partial charge is 0.496 e. The van der Waals surface area contributed by atoms with Crippen molar-refractivity contribution in [2.24, 2.45) is 7.05 Å². The molecule has 0 aliphatic carbocycles. The molecule has 34 heavy (non-hydrogen) atoms. The second-order valence-corrected chi connectivity index (χ2v) is 8.23. The number of carbonyl (C=O) groups excluding carboxylic acids is 1. The SMILES string of the molecule is COc1cc2c(cc1C(=O)N(Nc1cc(F)ccc1C(F)(F)F)c1ccc(Br)cc1)ncn2C. The Balaban J connectivity index is 1.86. The molecule has 0 spiro atoms. The van der Waals surface area contributed by atoms with Crippen molar-refractivity contribution in [3.8, 4) is 5.75 Å². The van der Waals surface area contributed by atoms with E-state index in [2.05, 4.69) is 26.3 Å². The number of nitrogens with zero attached hydrogens (tertiary/aromatic N) is 3. The number of halogens is 5. The van der Waals surface area contributed by atoms with Crippen molar-refractivity contribution in [3.63, 3.8) is 0 Å². The zero-order valence-electron chi connectivity index (χ0n) is 17.8. The normalized spacial score (nSPS) is 11.5. The van der Waals surface area contributed by atoms with Gasteiger partial charge in [-0.15, -0.1) is 0 Å². The van der Waals surface area contributed by atoms with Crippen LogP contribution in [0.2, 0.25) is 0 Å². The Kier molecular flexibility index (Phi) is 6.22. The fourth-order valence-corrected chi connectivity index (χ4v) is 3.67. The third-order valence-corrected chi connectivity index (χ3v) is 5.61. The van der Waals surface area contributed by atoms with Gasteiger partial charge in [-0.1, -0.05) is 15.9 Å². The Morgan fingerprint density at radius 2 is 1.82 bits per heavy atom. The topological polar surface area (TPSA) is 59.4 Å². The minimum absolute atomic E-state index is 0.0501. The lowest BCUT2D eigenvalue weighted by molar-refractivity contribution is -0.137. The first-order chi connectivity index (χ1) is 16.1. The molecule has 0 saturated carbocycles.